The highest BCUT2D eigenvalue weighted by Gasteiger charge is 2.27. The predicted molar refractivity (Wildman–Crippen MR) is 99.1 cm³/mol. The smallest absolute Gasteiger partial charge is 0.410 e. The zero-order chi connectivity index (χ0) is 18.3. The number of thioether (sulfide) groups is 1. The lowest BCUT2D eigenvalue weighted by molar-refractivity contribution is 0.0159. The van der Waals surface area contributed by atoms with Crippen molar-refractivity contribution in [2.45, 2.75) is 57.2 Å². The SMILES string of the molecule is CSc1nccc(OCCC[C@@H]2CCCN(C(=O)OC(C)(C)C)C2)n1. The Bertz CT molecular complexity index is 563. The molecule has 1 atom stereocenters. The third-order valence-electron chi connectivity index (χ3n) is 3.97. The van der Waals surface area contributed by atoms with Gasteiger partial charge >= 0.3 is 6.09 Å². The first kappa shape index (κ1) is 19.8. The van der Waals surface area contributed by atoms with Crippen molar-refractivity contribution in [2.24, 2.45) is 5.92 Å². The van der Waals surface area contributed by atoms with Crippen LogP contribution in [0.25, 0.3) is 0 Å². The van der Waals surface area contributed by atoms with Gasteiger partial charge in [-0.1, -0.05) is 11.8 Å². The summed E-state index contributed by atoms with van der Waals surface area (Å²) in [4.78, 5) is 22.5. The average molecular weight is 368 g/mol. The third-order valence-corrected chi connectivity index (χ3v) is 4.53. The van der Waals surface area contributed by atoms with Crippen LogP contribution in [0.2, 0.25) is 0 Å². The van der Waals surface area contributed by atoms with E-state index >= 15 is 0 Å². The fourth-order valence-corrected chi connectivity index (χ4v) is 3.19. The van der Waals surface area contributed by atoms with Gasteiger partial charge in [0.2, 0.25) is 5.88 Å². The third kappa shape index (κ3) is 7.10. The van der Waals surface area contributed by atoms with Crippen LogP contribution in [0.15, 0.2) is 17.4 Å². The number of hydrogen-bond acceptors (Lipinski definition) is 6. The number of nitrogens with zero attached hydrogens (tertiary/aromatic N) is 3. The van der Waals surface area contributed by atoms with Crippen molar-refractivity contribution < 1.29 is 14.3 Å². The summed E-state index contributed by atoms with van der Waals surface area (Å²) in [6.45, 7) is 7.91. The maximum atomic E-state index is 12.2. The fourth-order valence-electron chi connectivity index (χ4n) is 2.85. The number of aromatic nitrogens is 2. The normalized spacial score (nSPS) is 18.1. The highest BCUT2D eigenvalue weighted by molar-refractivity contribution is 7.98. The van der Waals surface area contributed by atoms with E-state index in [0.29, 0.717) is 18.4 Å². The highest BCUT2D eigenvalue weighted by Crippen LogP contribution is 2.23. The molecule has 1 amide bonds. The molecule has 0 saturated carbocycles. The first-order chi connectivity index (χ1) is 11.9. The summed E-state index contributed by atoms with van der Waals surface area (Å²) < 4.78 is 11.2. The standard InChI is InChI=1S/C18H29N3O3S/c1-18(2,3)24-17(22)21-11-5-7-14(13-21)8-6-12-23-15-9-10-19-16(20-15)25-4/h9-10,14H,5-8,11-13H2,1-4H3/t14-/m0/s1. The zero-order valence-electron chi connectivity index (χ0n) is 15.7. The van der Waals surface area contributed by atoms with Crippen molar-refractivity contribution in [3.63, 3.8) is 0 Å². The molecular formula is C18H29N3O3S. The summed E-state index contributed by atoms with van der Waals surface area (Å²) in [7, 11) is 0. The second kappa shape index (κ2) is 9.27. The van der Waals surface area contributed by atoms with Gasteiger partial charge in [-0.25, -0.2) is 9.78 Å². The van der Waals surface area contributed by atoms with Gasteiger partial charge in [-0.3, -0.25) is 0 Å². The summed E-state index contributed by atoms with van der Waals surface area (Å²) >= 11 is 1.50. The molecule has 6 nitrogen and oxygen atoms in total. The molecular weight excluding hydrogens is 338 g/mol. The molecule has 1 aliphatic heterocycles. The van der Waals surface area contributed by atoms with Gasteiger partial charge in [0.1, 0.15) is 5.60 Å². The van der Waals surface area contributed by atoms with Crippen LogP contribution in [-0.4, -0.2) is 52.5 Å². The van der Waals surface area contributed by atoms with Crippen molar-refractivity contribution in [2.75, 3.05) is 26.0 Å². The zero-order valence-corrected chi connectivity index (χ0v) is 16.5. The second-order valence-electron chi connectivity index (χ2n) is 7.31. The van der Waals surface area contributed by atoms with Gasteiger partial charge in [0.25, 0.3) is 0 Å². The molecule has 1 aromatic heterocycles. The van der Waals surface area contributed by atoms with Crippen molar-refractivity contribution in [1.29, 1.82) is 0 Å². The van der Waals surface area contributed by atoms with Crippen molar-refractivity contribution in [1.82, 2.24) is 14.9 Å². The monoisotopic (exact) mass is 367 g/mol. The van der Waals surface area contributed by atoms with E-state index in [-0.39, 0.29) is 6.09 Å². The van der Waals surface area contributed by atoms with E-state index in [2.05, 4.69) is 9.97 Å². The Morgan fingerprint density at radius 1 is 1.44 bits per heavy atom. The van der Waals surface area contributed by atoms with Crippen LogP contribution in [0.3, 0.4) is 0 Å². The van der Waals surface area contributed by atoms with E-state index in [1.54, 1.807) is 12.3 Å². The number of amides is 1. The maximum Gasteiger partial charge on any atom is 0.410 e. The van der Waals surface area contributed by atoms with Crippen molar-refractivity contribution >= 4 is 17.9 Å². The summed E-state index contributed by atoms with van der Waals surface area (Å²) in [6.07, 6.45) is 7.65. The van der Waals surface area contributed by atoms with E-state index in [1.165, 1.54) is 11.8 Å². The van der Waals surface area contributed by atoms with Gasteiger partial charge in [0, 0.05) is 25.4 Å². The first-order valence-corrected chi connectivity index (χ1v) is 10.1. The van der Waals surface area contributed by atoms with Crippen LogP contribution in [0.5, 0.6) is 5.88 Å². The quantitative estimate of drug-likeness (QED) is 0.430. The van der Waals surface area contributed by atoms with Gasteiger partial charge in [-0.2, -0.15) is 4.98 Å². The molecule has 7 heteroatoms. The van der Waals surface area contributed by atoms with Crippen LogP contribution in [0, 0.1) is 5.92 Å². The van der Waals surface area contributed by atoms with Crippen LogP contribution in [0.1, 0.15) is 46.5 Å². The lowest BCUT2D eigenvalue weighted by atomic mass is 9.94. The van der Waals surface area contributed by atoms with E-state index in [9.17, 15) is 4.79 Å². The minimum Gasteiger partial charge on any atom is -0.478 e. The van der Waals surface area contributed by atoms with Crippen LogP contribution in [0.4, 0.5) is 4.79 Å². The highest BCUT2D eigenvalue weighted by atomic mass is 32.2. The molecule has 2 rings (SSSR count). The summed E-state index contributed by atoms with van der Waals surface area (Å²) in [5.41, 5.74) is -0.439. The molecule has 0 radical (unpaired) electrons. The summed E-state index contributed by atoms with van der Waals surface area (Å²) in [6, 6.07) is 1.78. The number of hydrogen-bond donors (Lipinski definition) is 0. The fraction of sp³-hybridized carbons (Fsp3) is 0.722. The molecule has 140 valence electrons. The number of piperidine rings is 1. The van der Waals surface area contributed by atoms with Crippen molar-refractivity contribution in [3.8, 4) is 5.88 Å². The Labute approximate surface area is 154 Å². The molecule has 1 aromatic rings. The Kier molecular flexibility index (Phi) is 7.35. The van der Waals surface area contributed by atoms with E-state index in [4.69, 9.17) is 9.47 Å². The van der Waals surface area contributed by atoms with Crippen LogP contribution in [-0.2, 0) is 4.74 Å². The summed E-state index contributed by atoms with van der Waals surface area (Å²) in [5.74, 6) is 1.13. The average Bonchev–Trinajstić information content (AvgIpc) is 2.58. The lowest BCUT2D eigenvalue weighted by Gasteiger charge is -2.34. The van der Waals surface area contributed by atoms with Gasteiger partial charge in [-0.15, -0.1) is 0 Å². The van der Waals surface area contributed by atoms with Gasteiger partial charge in [0.05, 0.1) is 6.61 Å². The van der Waals surface area contributed by atoms with E-state index < -0.39 is 5.60 Å². The first-order valence-electron chi connectivity index (χ1n) is 8.85. The van der Waals surface area contributed by atoms with Gasteiger partial charge < -0.3 is 14.4 Å². The minimum atomic E-state index is -0.439. The van der Waals surface area contributed by atoms with E-state index in [1.807, 2.05) is 31.9 Å². The minimum absolute atomic E-state index is 0.195. The molecule has 0 spiro atoms. The molecule has 25 heavy (non-hydrogen) atoms. The number of ether oxygens (including phenoxy) is 2. The Hall–Kier alpha value is -1.50. The predicted octanol–water partition coefficient (Wildman–Crippen LogP) is 4.00. The van der Waals surface area contributed by atoms with Crippen LogP contribution >= 0.6 is 11.8 Å². The Morgan fingerprint density at radius 2 is 2.24 bits per heavy atom. The summed E-state index contributed by atoms with van der Waals surface area (Å²) in [5, 5.41) is 0.720. The molecule has 0 aromatic carbocycles. The van der Waals surface area contributed by atoms with Crippen molar-refractivity contribution in [3.05, 3.63) is 12.3 Å². The lowest BCUT2D eigenvalue weighted by Crippen LogP contribution is -2.42. The molecule has 2 heterocycles. The molecule has 1 saturated heterocycles. The topological polar surface area (TPSA) is 64.5 Å². The Morgan fingerprint density at radius 3 is 2.96 bits per heavy atom. The number of carbonyl (C=O) groups is 1. The van der Waals surface area contributed by atoms with E-state index in [0.717, 1.165) is 43.9 Å². The number of likely N-dealkylation sites (tertiary alicyclic amines) is 1. The number of rotatable bonds is 6. The second-order valence-corrected chi connectivity index (χ2v) is 8.08. The molecule has 0 N–H and O–H groups in total. The molecule has 0 bridgehead atoms. The molecule has 1 aliphatic rings. The number of carbonyl (C=O) groups excluding carboxylic acids is 1. The molecule has 0 unspecified atom stereocenters. The molecule has 0 aliphatic carbocycles. The maximum absolute atomic E-state index is 12.2. The Balaban J connectivity index is 1.71. The largest absolute Gasteiger partial charge is 0.478 e. The van der Waals surface area contributed by atoms with Gasteiger partial charge in [0.15, 0.2) is 5.16 Å². The van der Waals surface area contributed by atoms with Gasteiger partial charge in [-0.05, 0) is 58.6 Å². The van der Waals surface area contributed by atoms with Crippen LogP contribution < -0.4 is 4.74 Å². The molecule has 1 fully saturated rings.